The van der Waals surface area contributed by atoms with E-state index < -0.39 is 20.9 Å². The lowest BCUT2D eigenvalue weighted by Gasteiger charge is -2.31. The molecule has 0 spiro atoms. The lowest BCUT2D eigenvalue weighted by molar-refractivity contribution is 0.188. The molecule has 20 heavy (non-hydrogen) atoms. The average Bonchev–Trinajstić information content (AvgIpc) is 2.70. The minimum atomic E-state index is -3.46. The number of nitrogens with zero attached hydrogens (tertiary/aromatic N) is 1. The highest BCUT2D eigenvalue weighted by Crippen LogP contribution is 2.38. The summed E-state index contributed by atoms with van der Waals surface area (Å²) in [5, 5.41) is 9.91. The first-order chi connectivity index (χ1) is 9.13. The van der Waals surface area contributed by atoms with Gasteiger partial charge >= 0.3 is 0 Å². The summed E-state index contributed by atoms with van der Waals surface area (Å²) in [7, 11) is -3.46. The lowest BCUT2D eigenvalue weighted by Crippen LogP contribution is -2.43. The molecule has 0 aromatic heterocycles. The van der Waals surface area contributed by atoms with E-state index in [1.807, 2.05) is 24.3 Å². The summed E-state index contributed by atoms with van der Waals surface area (Å²) in [5.41, 5.74) is 0.906. The summed E-state index contributed by atoms with van der Waals surface area (Å²) in [6, 6.07) is 7.29. The van der Waals surface area contributed by atoms with Crippen molar-refractivity contribution in [3.8, 4) is 0 Å². The van der Waals surface area contributed by atoms with Crippen molar-refractivity contribution in [3.63, 3.8) is 0 Å². The minimum Gasteiger partial charge on any atom is -0.392 e. The maximum atomic E-state index is 12.7. The van der Waals surface area contributed by atoms with Crippen molar-refractivity contribution >= 4 is 26.0 Å². The predicted octanol–water partition coefficient (Wildman–Crippen LogP) is 2.69. The van der Waals surface area contributed by atoms with Gasteiger partial charge in [0.1, 0.15) is 0 Å². The molecule has 4 nitrogen and oxygen atoms in total. The highest BCUT2D eigenvalue weighted by molar-refractivity contribution is 9.10. The number of rotatable bonds is 2. The van der Waals surface area contributed by atoms with Crippen molar-refractivity contribution in [2.45, 2.75) is 44.1 Å². The van der Waals surface area contributed by atoms with Crippen LogP contribution >= 0.6 is 15.9 Å². The van der Waals surface area contributed by atoms with Crippen LogP contribution in [0.3, 0.4) is 0 Å². The Hall–Kier alpha value is -0.430. The number of halogens is 1. The van der Waals surface area contributed by atoms with Gasteiger partial charge < -0.3 is 5.11 Å². The zero-order valence-corrected chi connectivity index (χ0v) is 14.3. The van der Waals surface area contributed by atoms with Gasteiger partial charge in [-0.1, -0.05) is 28.1 Å². The maximum absolute atomic E-state index is 12.7. The Morgan fingerprint density at radius 1 is 1.35 bits per heavy atom. The quantitative estimate of drug-likeness (QED) is 0.880. The molecule has 1 aliphatic rings. The summed E-state index contributed by atoms with van der Waals surface area (Å²) in [5.74, 6) is 0. The van der Waals surface area contributed by atoms with Crippen LogP contribution in [-0.2, 0) is 10.0 Å². The second kappa shape index (κ2) is 5.40. The largest absolute Gasteiger partial charge is 0.392 e. The van der Waals surface area contributed by atoms with Gasteiger partial charge in [-0.3, -0.25) is 0 Å². The number of aliphatic hydroxyl groups is 1. The summed E-state index contributed by atoms with van der Waals surface area (Å²) < 4.78 is 26.8. The van der Waals surface area contributed by atoms with Crippen molar-refractivity contribution in [2.75, 3.05) is 6.54 Å². The highest BCUT2D eigenvalue weighted by atomic mass is 79.9. The van der Waals surface area contributed by atoms with E-state index in [-0.39, 0.29) is 12.6 Å². The molecule has 1 heterocycles. The Kier molecular flexibility index (Phi) is 4.31. The second-order valence-electron chi connectivity index (χ2n) is 6.15. The molecule has 0 radical (unpaired) electrons. The van der Waals surface area contributed by atoms with Crippen LogP contribution in [0.1, 0.15) is 38.8 Å². The van der Waals surface area contributed by atoms with E-state index in [0.717, 1.165) is 10.0 Å². The summed E-state index contributed by atoms with van der Waals surface area (Å²) in [4.78, 5) is 0. The predicted molar refractivity (Wildman–Crippen MR) is 82.9 cm³/mol. The minimum absolute atomic E-state index is 0.163. The molecule has 6 heteroatoms. The first-order valence-electron chi connectivity index (χ1n) is 6.58. The number of β-amino-alcohol motifs (C(OH)–C–C–N with tert-alkyl or cyclic N) is 1. The van der Waals surface area contributed by atoms with Crippen LogP contribution in [0.15, 0.2) is 28.7 Å². The van der Waals surface area contributed by atoms with Crippen LogP contribution in [0.25, 0.3) is 0 Å². The van der Waals surface area contributed by atoms with Crippen LogP contribution in [0, 0.1) is 0 Å². The normalized spacial score (nSPS) is 25.1. The highest BCUT2D eigenvalue weighted by Gasteiger charge is 2.44. The molecule has 112 valence electrons. The Morgan fingerprint density at radius 3 is 2.55 bits per heavy atom. The molecular formula is C14H20BrNO3S. The van der Waals surface area contributed by atoms with Crippen LogP contribution in [0.5, 0.6) is 0 Å². The third-order valence-corrected chi connectivity index (χ3v) is 6.61. The summed E-state index contributed by atoms with van der Waals surface area (Å²) >= 11 is 3.40. The topological polar surface area (TPSA) is 57.6 Å². The average molecular weight is 362 g/mol. The molecule has 0 saturated carbocycles. The second-order valence-corrected chi connectivity index (χ2v) is 9.71. The summed E-state index contributed by atoms with van der Waals surface area (Å²) in [6.07, 6.45) is -0.178. The van der Waals surface area contributed by atoms with E-state index >= 15 is 0 Å². The van der Waals surface area contributed by atoms with Gasteiger partial charge in [0.05, 0.1) is 16.9 Å². The lowest BCUT2D eigenvalue weighted by atomic mass is 10.1. The zero-order chi connectivity index (χ0) is 15.1. The van der Waals surface area contributed by atoms with Crippen LogP contribution < -0.4 is 0 Å². The SMILES string of the molecule is CC(C)(C)S(=O)(=O)N1C[C@H](O)C[C@H]1c1cccc(Br)c1. The zero-order valence-electron chi connectivity index (χ0n) is 11.9. The standard InChI is InChI=1S/C14H20BrNO3S/c1-14(2,3)20(18,19)16-9-12(17)8-13(16)10-5-4-6-11(15)7-10/h4-7,12-13,17H,8-9H2,1-3H3/t12-,13+/m1/s1. The molecule has 2 atom stereocenters. The molecule has 2 rings (SSSR count). The maximum Gasteiger partial charge on any atom is 0.219 e. The van der Waals surface area contributed by atoms with E-state index in [1.165, 1.54) is 4.31 Å². The molecule has 1 aromatic rings. The third-order valence-electron chi connectivity index (χ3n) is 3.55. The number of benzene rings is 1. The molecule has 0 unspecified atom stereocenters. The molecule has 0 amide bonds. The summed E-state index contributed by atoms with van der Waals surface area (Å²) in [6.45, 7) is 5.22. The van der Waals surface area contributed by atoms with E-state index in [4.69, 9.17) is 0 Å². The molecule has 1 N–H and O–H groups in total. The smallest absolute Gasteiger partial charge is 0.219 e. The van der Waals surface area contributed by atoms with Gasteiger partial charge in [-0.25, -0.2) is 8.42 Å². The van der Waals surface area contributed by atoms with Crippen molar-refractivity contribution in [1.82, 2.24) is 4.31 Å². The molecule has 1 aromatic carbocycles. The van der Waals surface area contributed by atoms with Gasteiger partial charge in [0.2, 0.25) is 10.0 Å². The molecule has 0 bridgehead atoms. The first-order valence-corrected chi connectivity index (χ1v) is 8.81. The van der Waals surface area contributed by atoms with Gasteiger partial charge in [0, 0.05) is 11.0 Å². The van der Waals surface area contributed by atoms with Gasteiger partial charge in [0.25, 0.3) is 0 Å². The van der Waals surface area contributed by atoms with Crippen molar-refractivity contribution < 1.29 is 13.5 Å². The Bertz CT molecular complexity index is 595. The fourth-order valence-corrected chi connectivity index (χ4v) is 4.45. The molecular weight excluding hydrogens is 342 g/mol. The molecule has 1 aliphatic heterocycles. The van der Waals surface area contributed by atoms with Gasteiger partial charge in [-0.05, 0) is 44.9 Å². The third kappa shape index (κ3) is 2.93. The number of aliphatic hydroxyl groups excluding tert-OH is 1. The van der Waals surface area contributed by atoms with E-state index in [9.17, 15) is 13.5 Å². The number of hydrogen-bond donors (Lipinski definition) is 1. The number of hydrogen-bond acceptors (Lipinski definition) is 3. The van der Waals surface area contributed by atoms with E-state index in [1.54, 1.807) is 20.8 Å². The number of sulfonamides is 1. The van der Waals surface area contributed by atoms with Crippen LogP contribution in [0.2, 0.25) is 0 Å². The van der Waals surface area contributed by atoms with Crippen LogP contribution in [-0.4, -0.2) is 35.2 Å². The fourth-order valence-electron chi connectivity index (χ4n) is 2.42. The monoisotopic (exact) mass is 361 g/mol. The van der Waals surface area contributed by atoms with Crippen molar-refractivity contribution in [1.29, 1.82) is 0 Å². The van der Waals surface area contributed by atoms with Gasteiger partial charge in [-0.15, -0.1) is 0 Å². The van der Waals surface area contributed by atoms with E-state index in [2.05, 4.69) is 15.9 Å². The Labute approximate surface area is 129 Å². The first kappa shape index (κ1) is 15.9. The molecule has 1 fully saturated rings. The van der Waals surface area contributed by atoms with E-state index in [0.29, 0.717) is 6.42 Å². The molecule has 0 aliphatic carbocycles. The van der Waals surface area contributed by atoms with Crippen molar-refractivity contribution in [3.05, 3.63) is 34.3 Å². The molecule has 1 saturated heterocycles. The van der Waals surface area contributed by atoms with Crippen molar-refractivity contribution in [2.24, 2.45) is 0 Å². The fraction of sp³-hybridized carbons (Fsp3) is 0.571. The Balaban J connectivity index is 2.42. The van der Waals surface area contributed by atoms with Gasteiger partial charge in [-0.2, -0.15) is 4.31 Å². The Morgan fingerprint density at radius 2 is 2.00 bits per heavy atom. The van der Waals surface area contributed by atoms with Gasteiger partial charge in [0.15, 0.2) is 0 Å². The van der Waals surface area contributed by atoms with Crippen LogP contribution in [0.4, 0.5) is 0 Å².